The molecule has 0 spiro atoms. The largest absolute Gasteiger partial charge is 0.460 e. The molecule has 30 heavy (non-hydrogen) atoms. The first-order chi connectivity index (χ1) is 14.2. The Labute approximate surface area is 180 Å². The number of carbonyl (C=O) groups excluding carboxylic acids is 1. The first-order valence-corrected chi connectivity index (χ1v) is 10.9. The molecule has 0 aliphatic heterocycles. The Bertz CT molecular complexity index is 1220. The van der Waals surface area contributed by atoms with Gasteiger partial charge < -0.3 is 9.15 Å². The third-order valence-electron chi connectivity index (χ3n) is 3.96. The normalized spacial score (nSPS) is 11.9. The summed E-state index contributed by atoms with van der Waals surface area (Å²) < 4.78 is 26.3. The van der Waals surface area contributed by atoms with Gasteiger partial charge in [-0.05, 0) is 39.8 Å². The number of ether oxygens (including phenoxy) is 1. The third-order valence-corrected chi connectivity index (χ3v) is 5.80. The van der Waals surface area contributed by atoms with E-state index < -0.39 is 11.6 Å². The Morgan fingerprint density at radius 3 is 2.67 bits per heavy atom. The summed E-state index contributed by atoms with van der Waals surface area (Å²) in [6.07, 6.45) is 0.153. The van der Waals surface area contributed by atoms with E-state index in [0.717, 1.165) is 5.01 Å². The molecule has 0 N–H and O–H groups in total. The predicted molar refractivity (Wildman–Crippen MR) is 112 cm³/mol. The average Bonchev–Trinajstić information content (AvgIpc) is 3.34. The van der Waals surface area contributed by atoms with Crippen LogP contribution in [0.15, 0.2) is 21.9 Å². The number of hydrogen-bond acceptors (Lipinski definition) is 9. The topological polar surface area (TPSA) is 91.0 Å². The number of fused-ring (bicyclic) bond motifs is 1. The fourth-order valence-electron chi connectivity index (χ4n) is 2.83. The summed E-state index contributed by atoms with van der Waals surface area (Å²) >= 11 is 2.71. The molecule has 0 bridgehead atoms. The summed E-state index contributed by atoms with van der Waals surface area (Å²) in [6.45, 7) is 7.25. The van der Waals surface area contributed by atoms with E-state index in [-0.39, 0.29) is 24.5 Å². The fourth-order valence-corrected chi connectivity index (χ4v) is 4.43. The summed E-state index contributed by atoms with van der Waals surface area (Å²) in [5, 5.41) is 11.2. The molecular formula is C20H19FN4O3S2. The number of esters is 1. The van der Waals surface area contributed by atoms with Crippen molar-refractivity contribution in [2.24, 2.45) is 0 Å². The van der Waals surface area contributed by atoms with Gasteiger partial charge in [0.25, 0.3) is 0 Å². The van der Waals surface area contributed by atoms with Crippen molar-refractivity contribution in [3.05, 3.63) is 45.1 Å². The van der Waals surface area contributed by atoms with E-state index in [4.69, 9.17) is 9.15 Å². The maximum atomic E-state index is 15.0. The minimum atomic E-state index is -0.582. The number of rotatable bonds is 5. The lowest BCUT2D eigenvalue weighted by atomic mass is 10.1. The third kappa shape index (κ3) is 4.54. The lowest BCUT2D eigenvalue weighted by Gasteiger charge is -2.18. The van der Waals surface area contributed by atoms with E-state index in [0.29, 0.717) is 32.4 Å². The molecule has 0 atom stereocenters. The zero-order valence-corrected chi connectivity index (χ0v) is 18.5. The second-order valence-corrected chi connectivity index (χ2v) is 9.81. The molecule has 0 unspecified atom stereocenters. The molecule has 0 saturated heterocycles. The summed E-state index contributed by atoms with van der Waals surface area (Å²) in [5.41, 5.74) is 1.06. The predicted octanol–water partition coefficient (Wildman–Crippen LogP) is 4.73. The molecule has 156 valence electrons. The summed E-state index contributed by atoms with van der Waals surface area (Å²) in [4.78, 5) is 20.7. The van der Waals surface area contributed by atoms with Crippen LogP contribution in [0, 0.1) is 12.7 Å². The monoisotopic (exact) mass is 446 g/mol. The highest BCUT2D eigenvalue weighted by molar-refractivity contribution is 7.18. The van der Waals surface area contributed by atoms with Gasteiger partial charge in [0.2, 0.25) is 11.8 Å². The molecule has 1 aromatic carbocycles. The van der Waals surface area contributed by atoms with Crippen molar-refractivity contribution in [1.29, 1.82) is 0 Å². The Kier molecular flexibility index (Phi) is 5.37. The number of nitrogens with zero attached hydrogens (tertiary/aromatic N) is 4. The smallest absolute Gasteiger partial charge is 0.315 e. The Morgan fingerprint density at radius 1 is 1.20 bits per heavy atom. The van der Waals surface area contributed by atoms with Gasteiger partial charge in [-0.15, -0.1) is 32.9 Å². The zero-order valence-electron chi connectivity index (χ0n) is 16.9. The van der Waals surface area contributed by atoms with Crippen LogP contribution >= 0.6 is 22.7 Å². The van der Waals surface area contributed by atoms with Gasteiger partial charge in [0.1, 0.15) is 17.0 Å². The minimum absolute atomic E-state index is 0.102. The molecule has 0 amide bonds. The lowest BCUT2D eigenvalue weighted by Crippen LogP contribution is -2.24. The fraction of sp³-hybridized carbons (Fsp3) is 0.350. The van der Waals surface area contributed by atoms with Gasteiger partial charge in [-0.2, -0.15) is 0 Å². The number of aromatic nitrogens is 4. The highest BCUT2D eigenvalue weighted by Crippen LogP contribution is 2.33. The molecule has 4 aromatic rings. The summed E-state index contributed by atoms with van der Waals surface area (Å²) in [7, 11) is 0. The number of aryl methyl sites for hydroxylation is 1. The van der Waals surface area contributed by atoms with Crippen LogP contribution in [0.5, 0.6) is 0 Å². The van der Waals surface area contributed by atoms with E-state index in [1.165, 1.54) is 22.7 Å². The van der Waals surface area contributed by atoms with Gasteiger partial charge in [0, 0.05) is 10.9 Å². The first-order valence-electron chi connectivity index (χ1n) is 9.21. The van der Waals surface area contributed by atoms with Crippen molar-refractivity contribution in [2.45, 2.75) is 46.1 Å². The van der Waals surface area contributed by atoms with Gasteiger partial charge in [-0.1, -0.05) is 0 Å². The van der Waals surface area contributed by atoms with Crippen LogP contribution in [-0.2, 0) is 22.4 Å². The van der Waals surface area contributed by atoms with E-state index >= 15 is 4.39 Å². The molecule has 0 aliphatic rings. The molecule has 3 heterocycles. The lowest BCUT2D eigenvalue weighted by molar-refractivity contribution is -0.154. The van der Waals surface area contributed by atoms with Gasteiger partial charge in [0.15, 0.2) is 5.82 Å². The standard InChI is InChI=1S/C20H19FN4O3S2/c1-10-22-13(9-29-10)11-5-6-12-19(18(11)21)30-16(23-12)7-14-24-25-15(27-14)8-17(26)28-20(2,3)4/h5-6,9H,7-8H2,1-4H3. The van der Waals surface area contributed by atoms with Crippen LogP contribution in [0.3, 0.4) is 0 Å². The van der Waals surface area contributed by atoms with Crippen molar-refractivity contribution in [2.75, 3.05) is 0 Å². The zero-order chi connectivity index (χ0) is 21.5. The minimum Gasteiger partial charge on any atom is -0.460 e. The van der Waals surface area contributed by atoms with E-state index in [2.05, 4.69) is 20.2 Å². The van der Waals surface area contributed by atoms with Crippen molar-refractivity contribution in [3.63, 3.8) is 0 Å². The Morgan fingerprint density at radius 2 is 1.97 bits per heavy atom. The number of halogens is 1. The highest BCUT2D eigenvalue weighted by atomic mass is 32.1. The molecule has 0 aliphatic carbocycles. The highest BCUT2D eigenvalue weighted by Gasteiger charge is 2.20. The molecule has 0 radical (unpaired) electrons. The summed E-state index contributed by atoms with van der Waals surface area (Å²) in [5.74, 6) is -0.293. The Hall–Kier alpha value is -2.72. The van der Waals surface area contributed by atoms with Crippen molar-refractivity contribution in [3.8, 4) is 11.3 Å². The molecule has 0 saturated carbocycles. The number of carbonyl (C=O) groups is 1. The second kappa shape index (κ2) is 7.84. The molecule has 4 rings (SSSR count). The van der Waals surface area contributed by atoms with E-state index in [1.807, 2.05) is 12.3 Å². The van der Waals surface area contributed by atoms with Gasteiger partial charge in [-0.3, -0.25) is 4.79 Å². The van der Waals surface area contributed by atoms with Crippen LogP contribution in [0.4, 0.5) is 4.39 Å². The van der Waals surface area contributed by atoms with E-state index in [1.54, 1.807) is 32.9 Å². The molecule has 10 heteroatoms. The molecule has 7 nitrogen and oxygen atoms in total. The van der Waals surface area contributed by atoms with Crippen LogP contribution < -0.4 is 0 Å². The maximum Gasteiger partial charge on any atom is 0.315 e. The Balaban J connectivity index is 1.52. The van der Waals surface area contributed by atoms with Crippen LogP contribution in [0.2, 0.25) is 0 Å². The van der Waals surface area contributed by atoms with Crippen LogP contribution in [-0.4, -0.2) is 31.7 Å². The van der Waals surface area contributed by atoms with Crippen molar-refractivity contribution < 1.29 is 18.3 Å². The average molecular weight is 447 g/mol. The maximum absolute atomic E-state index is 15.0. The van der Waals surface area contributed by atoms with Crippen LogP contribution in [0.25, 0.3) is 21.5 Å². The molecular weight excluding hydrogens is 427 g/mol. The van der Waals surface area contributed by atoms with E-state index in [9.17, 15) is 4.79 Å². The second-order valence-electron chi connectivity index (χ2n) is 7.66. The number of benzene rings is 1. The van der Waals surface area contributed by atoms with Gasteiger partial charge in [-0.25, -0.2) is 14.4 Å². The molecule has 3 aromatic heterocycles. The van der Waals surface area contributed by atoms with Gasteiger partial charge in [0.05, 0.1) is 27.3 Å². The first kappa shape index (κ1) is 20.5. The SMILES string of the molecule is Cc1nc(-c2ccc3nc(Cc4nnc(CC(=O)OC(C)(C)C)o4)sc3c2F)cs1. The van der Waals surface area contributed by atoms with Crippen molar-refractivity contribution in [1.82, 2.24) is 20.2 Å². The van der Waals surface area contributed by atoms with Crippen LogP contribution in [0.1, 0.15) is 42.6 Å². The van der Waals surface area contributed by atoms with Crippen molar-refractivity contribution >= 4 is 38.9 Å². The number of thiazole rings is 2. The molecule has 0 fully saturated rings. The van der Waals surface area contributed by atoms with Gasteiger partial charge >= 0.3 is 5.97 Å². The number of hydrogen-bond donors (Lipinski definition) is 0. The summed E-state index contributed by atoms with van der Waals surface area (Å²) in [6, 6.07) is 3.48. The quantitative estimate of drug-likeness (QED) is 0.410.